The molecule has 3 rings (SSSR count). The summed E-state index contributed by atoms with van der Waals surface area (Å²) in [4.78, 5) is 28.4. The number of aryl methyl sites for hydroxylation is 1. The lowest BCUT2D eigenvalue weighted by Crippen LogP contribution is -2.50. The first-order valence-corrected chi connectivity index (χ1v) is 8.66. The number of fused-ring (bicyclic) bond motifs is 1. The minimum Gasteiger partial charge on any atom is -0.340 e. The molecule has 0 radical (unpaired) electrons. The maximum atomic E-state index is 12.8. The van der Waals surface area contributed by atoms with Crippen LogP contribution in [0.25, 0.3) is 0 Å². The molecule has 0 spiro atoms. The van der Waals surface area contributed by atoms with Gasteiger partial charge in [-0.05, 0) is 31.4 Å². The topological polar surface area (TPSA) is 40.6 Å². The Bertz CT molecular complexity index is 618. The highest BCUT2D eigenvalue weighted by Crippen LogP contribution is 2.47. The van der Waals surface area contributed by atoms with Gasteiger partial charge in [0.15, 0.2) is 0 Å². The van der Waals surface area contributed by atoms with E-state index in [1.807, 2.05) is 30.1 Å². The van der Waals surface area contributed by atoms with Gasteiger partial charge in [-0.2, -0.15) is 0 Å². The lowest BCUT2D eigenvalue weighted by molar-refractivity contribution is -0.143. The van der Waals surface area contributed by atoms with Crippen LogP contribution >= 0.6 is 11.8 Å². The molecule has 2 aliphatic heterocycles. The van der Waals surface area contributed by atoms with Gasteiger partial charge in [0.1, 0.15) is 6.04 Å². The molecule has 0 saturated carbocycles. The van der Waals surface area contributed by atoms with Gasteiger partial charge in [-0.15, -0.1) is 11.8 Å². The van der Waals surface area contributed by atoms with Crippen molar-refractivity contribution in [1.82, 2.24) is 9.80 Å². The van der Waals surface area contributed by atoms with Crippen LogP contribution in [-0.2, 0) is 16.1 Å². The molecule has 2 fully saturated rings. The molecule has 2 unspecified atom stereocenters. The van der Waals surface area contributed by atoms with Gasteiger partial charge in [-0.25, -0.2) is 0 Å². The Kier molecular flexibility index (Phi) is 3.93. The van der Waals surface area contributed by atoms with Crippen LogP contribution in [0.2, 0.25) is 0 Å². The van der Waals surface area contributed by atoms with Gasteiger partial charge in [0.2, 0.25) is 11.8 Å². The van der Waals surface area contributed by atoms with Gasteiger partial charge in [0, 0.05) is 25.8 Å². The lowest BCUT2D eigenvalue weighted by Gasteiger charge is -2.32. The second-order valence-electron chi connectivity index (χ2n) is 6.39. The molecule has 4 nitrogen and oxygen atoms in total. The fraction of sp³-hybridized carbons (Fsp3) is 0.529. The molecule has 2 aliphatic rings. The van der Waals surface area contributed by atoms with Gasteiger partial charge < -0.3 is 9.80 Å². The molecular weight excluding hydrogens is 296 g/mol. The number of likely N-dealkylation sites (N-methyl/N-ethyl adjacent to an activating group) is 1. The Balaban J connectivity index is 1.74. The van der Waals surface area contributed by atoms with Gasteiger partial charge in [-0.1, -0.05) is 24.3 Å². The largest absolute Gasteiger partial charge is 0.340 e. The number of amides is 2. The van der Waals surface area contributed by atoms with E-state index in [9.17, 15) is 9.59 Å². The first-order chi connectivity index (χ1) is 10.4. The van der Waals surface area contributed by atoms with E-state index in [4.69, 9.17) is 0 Å². The van der Waals surface area contributed by atoms with Gasteiger partial charge in [-0.3, -0.25) is 9.59 Å². The van der Waals surface area contributed by atoms with Gasteiger partial charge in [0.05, 0.1) is 4.87 Å². The Labute approximate surface area is 135 Å². The number of thioether (sulfide) groups is 1. The molecule has 5 heteroatoms. The smallest absolute Gasteiger partial charge is 0.246 e. The van der Waals surface area contributed by atoms with Crippen molar-refractivity contribution in [2.45, 2.75) is 44.1 Å². The van der Waals surface area contributed by atoms with Crippen LogP contribution in [0.1, 0.15) is 30.9 Å². The molecule has 0 N–H and O–H groups in total. The minimum atomic E-state index is -0.306. The van der Waals surface area contributed by atoms with Gasteiger partial charge >= 0.3 is 0 Å². The Hall–Kier alpha value is -1.49. The normalized spacial score (nSPS) is 27.1. The monoisotopic (exact) mass is 318 g/mol. The Morgan fingerprint density at radius 1 is 1.45 bits per heavy atom. The molecule has 2 saturated heterocycles. The quantitative estimate of drug-likeness (QED) is 0.859. The average molecular weight is 318 g/mol. The van der Waals surface area contributed by atoms with Crippen LogP contribution in [0.15, 0.2) is 24.3 Å². The molecule has 2 heterocycles. The summed E-state index contributed by atoms with van der Waals surface area (Å²) in [6.45, 7) is 4.72. The minimum absolute atomic E-state index is 0.0507. The van der Waals surface area contributed by atoms with Gasteiger partial charge in [0.25, 0.3) is 0 Å². The zero-order valence-electron chi connectivity index (χ0n) is 13.3. The van der Waals surface area contributed by atoms with Crippen LogP contribution < -0.4 is 0 Å². The third-order valence-electron chi connectivity index (χ3n) is 4.77. The van der Waals surface area contributed by atoms with Crippen LogP contribution in [0.5, 0.6) is 0 Å². The Morgan fingerprint density at radius 2 is 2.18 bits per heavy atom. The first kappa shape index (κ1) is 15.4. The average Bonchev–Trinajstić information content (AvgIpc) is 2.98. The SMILES string of the molecule is Cc1ccccc1CN(C)C(=O)C1CSC2(C)CCC(=O)N12. The number of carbonyl (C=O) groups is 2. The van der Waals surface area contributed by atoms with Crippen molar-refractivity contribution in [1.29, 1.82) is 0 Å². The van der Waals surface area contributed by atoms with Crippen LogP contribution in [0.4, 0.5) is 0 Å². The van der Waals surface area contributed by atoms with Crippen molar-refractivity contribution in [3.8, 4) is 0 Å². The molecular formula is C17H22N2O2S. The maximum Gasteiger partial charge on any atom is 0.246 e. The molecule has 0 bridgehead atoms. The molecule has 2 atom stereocenters. The van der Waals surface area contributed by atoms with Crippen molar-refractivity contribution in [2.75, 3.05) is 12.8 Å². The summed E-state index contributed by atoms with van der Waals surface area (Å²) in [5, 5.41) is 0. The van der Waals surface area contributed by atoms with E-state index in [1.54, 1.807) is 16.7 Å². The number of hydrogen-bond donors (Lipinski definition) is 0. The highest BCUT2D eigenvalue weighted by Gasteiger charge is 2.53. The van der Waals surface area contributed by atoms with Crippen LogP contribution in [0.3, 0.4) is 0 Å². The fourth-order valence-electron chi connectivity index (χ4n) is 3.38. The summed E-state index contributed by atoms with van der Waals surface area (Å²) in [5.74, 6) is 0.879. The number of carbonyl (C=O) groups excluding carboxylic acids is 2. The van der Waals surface area contributed by atoms with Crippen molar-refractivity contribution in [2.24, 2.45) is 0 Å². The molecule has 1 aromatic carbocycles. The molecule has 1 aromatic rings. The highest BCUT2D eigenvalue weighted by atomic mass is 32.2. The van der Waals surface area contributed by atoms with Crippen molar-refractivity contribution in [3.05, 3.63) is 35.4 Å². The number of hydrogen-bond acceptors (Lipinski definition) is 3. The van der Waals surface area contributed by atoms with Crippen LogP contribution in [0, 0.1) is 6.92 Å². The summed E-state index contributed by atoms with van der Waals surface area (Å²) in [5.41, 5.74) is 2.34. The van der Waals surface area contributed by atoms with E-state index in [0.29, 0.717) is 18.7 Å². The lowest BCUT2D eigenvalue weighted by atomic mass is 10.1. The molecule has 118 valence electrons. The predicted molar refractivity (Wildman–Crippen MR) is 88.4 cm³/mol. The third kappa shape index (κ3) is 2.51. The summed E-state index contributed by atoms with van der Waals surface area (Å²) >= 11 is 1.74. The van der Waals surface area contributed by atoms with Crippen molar-refractivity contribution < 1.29 is 9.59 Å². The fourth-order valence-corrected chi connectivity index (χ4v) is 4.80. The van der Waals surface area contributed by atoms with E-state index >= 15 is 0 Å². The van der Waals surface area contributed by atoms with E-state index < -0.39 is 0 Å². The van der Waals surface area contributed by atoms with E-state index in [-0.39, 0.29) is 22.7 Å². The summed E-state index contributed by atoms with van der Waals surface area (Å²) in [6.07, 6.45) is 1.41. The van der Waals surface area contributed by atoms with E-state index in [0.717, 1.165) is 12.0 Å². The maximum absolute atomic E-state index is 12.8. The second kappa shape index (κ2) is 5.61. The number of benzene rings is 1. The number of rotatable bonds is 3. The summed E-state index contributed by atoms with van der Waals surface area (Å²) in [7, 11) is 1.83. The van der Waals surface area contributed by atoms with E-state index in [1.165, 1.54) is 5.56 Å². The molecule has 2 amide bonds. The predicted octanol–water partition coefficient (Wildman–Crippen LogP) is 2.41. The second-order valence-corrected chi connectivity index (χ2v) is 7.89. The molecule has 22 heavy (non-hydrogen) atoms. The standard InChI is InChI=1S/C17H22N2O2S/c1-12-6-4-5-7-13(12)10-18(3)16(21)14-11-22-17(2)9-8-15(20)19(14)17/h4-7,14H,8-11H2,1-3H3. The van der Waals surface area contributed by atoms with Crippen molar-refractivity contribution in [3.63, 3.8) is 0 Å². The van der Waals surface area contributed by atoms with Crippen LogP contribution in [-0.4, -0.2) is 45.3 Å². The zero-order chi connectivity index (χ0) is 15.9. The summed E-state index contributed by atoms with van der Waals surface area (Å²) < 4.78 is 0. The number of nitrogens with zero attached hydrogens (tertiary/aromatic N) is 2. The summed E-state index contributed by atoms with van der Waals surface area (Å²) in [6, 6.07) is 7.79. The first-order valence-electron chi connectivity index (χ1n) is 7.68. The molecule has 0 aromatic heterocycles. The zero-order valence-corrected chi connectivity index (χ0v) is 14.2. The third-order valence-corrected chi connectivity index (χ3v) is 6.28. The van der Waals surface area contributed by atoms with Crippen molar-refractivity contribution >= 4 is 23.6 Å². The van der Waals surface area contributed by atoms with E-state index in [2.05, 4.69) is 19.9 Å². The Morgan fingerprint density at radius 3 is 2.91 bits per heavy atom. The highest BCUT2D eigenvalue weighted by molar-refractivity contribution is 8.01. The molecule has 0 aliphatic carbocycles.